The number of hydrogen-bond acceptors (Lipinski definition) is 1. The number of fused-ring (bicyclic) bond motifs is 3. The minimum atomic E-state index is 0.174. The Balaban J connectivity index is 1.13. The topological polar surface area (TPSA) is 8.17 Å². The summed E-state index contributed by atoms with van der Waals surface area (Å²) in [6.07, 6.45) is 0. The molecule has 50 heavy (non-hydrogen) atoms. The van der Waals surface area contributed by atoms with Crippen molar-refractivity contribution in [2.75, 3.05) is 4.90 Å². The lowest BCUT2D eigenvalue weighted by atomic mass is 10.0. The highest BCUT2D eigenvalue weighted by molar-refractivity contribution is 6.10. The van der Waals surface area contributed by atoms with Crippen molar-refractivity contribution >= 4 is 38.9 Å². The van der Waals surface area contributed by atoms with E-state index in [9.17, 15) is 1.37 Å². The van der Waals surface area contributed by atoms with Gasteiger partial charge in [0.15, 0.2) is 0 Å². The van der Waals surface area contributed by atoms with E-state index >= 15 is 0 Å². The number of anilines is 3. The molecule has 0 aliphatic carbocycles. The SMILES string of the molecule is [2H]c1cc2c3cc(-c4ccc(N(c5ccc(-c6ccccc6)cc5)c5ccc(-c6ccccc6)cc5)cc4)c([2H])cc3n(-c3ccccc3)c2cc1[2H]. The fourth-order valence-electron chi connectivity index (χ4n) is 6.92. The van der Waals surface area contributed by atoms with Gasteiger partial charge in [0.2, 0.25) is 0 Å². The summed E-state index contributed by atoms with van der Waals surface area (Å²) < 4.78 is 28.1. The average molecular weight is 642 g/mol. The first kappa shape index (κ1) is 26.3. The fraction of sp³-hybridized carbons (Fsp3) is 0. The van der Waals surface area contributed by atoms with Crippen LogP contribution in [0, 0.1) is 0 Å². The Morgan fingerprint density at radius 2 is 0.780 bits per heavy atom. The van der Waals surface area contributed by atoms with E-state index in [-0.39, 0.29) is 12.1 Å². The first-order valence-corrected chi connectivity index (χ1v) is 16.8. The second kappa shape index (κ2) is 12.8. The Morgan fingerprint density at radius 3 is 1.30 bits per heavy atom. The third-order valence-corrected chi connectivity index (χ3v) is 9.40. The molecule has 0 aliphatic rings. The van der Waals surface area contributed by atoms with Crippen LogP contribution in [0.1, 0.15) is 4.11 Å². The molecule has 2 nitrogen and oxygen atoms in total. The Morgan fingerprint density at radius 1 is 0.360 bits per heavy atom. The number of benzene rings is 8. The summed E-state index contributed by atoms with van der Waals surface area (Å²) in [4.78, 5) is 2.26. The molecule has 0 saturated heterocycles. The summed E-state index contributed by atoms with van der Waals surface area (Å²) >= 11 is 0. The van der Waals surface area contributed by atoms with Gasteiger partial charge in [0, 0.05) is 33.5 Å². The van der Waals surface area contributed by atoms with Crippen LogP contribution in [0.3, 0.4) is 0 Å². The highest BCUT2D eigenvalue weighted by Gasteiger charge is 2.16. The van der Waals surface area contributed by atoms with Crippen LogP contribution < -0.4 is 4.90 Å². The van der Waals surface area contributed by atoms with Gasteiger partial charge < -0.3 is 9.47 Å². The van der Waals surface area contributed by atoms with Gasteiger partial charge in [0.25, 0.3) is 0 Å². The van der Waals surface area contributed by atoms with Crippen molar-refractivity contribution in [3.8, 4) is 39.1 Å². The average Bonchev–Trinajstić information content (AvgIpc) is 3.51. The fourth-order valence-corrected chi connectivity index (χ4v) is 6.92. The van der Waals surface area contributed by atoms with Crippen molar-refractivity contribution in [3.63, 3.8) is 0 Å². The van der Waals surface area contributed by atoms with Gasteiger partial charge in [-0.2, -0.15) is 0 Å². The molecule has 0 spiro atoms. The zero-order chi connectivity index (χ0) is 35.9. The molecule has 0 amide bonds. The molecule has 236 valence electrons. The maximum Gasteiger partial charge on any atom is 0.0630 e. The molecule has 1 heterocycles. The highest BCUT2D eigenvalue weighted by atomic mass is 15.1. The first-order valence-electron chi connectivity index (χ1n) is 18.3. The van der Waals surface area contributed by atoms with Crippen molar-refractivity contribution in [1.29, 1.82) is 0 Å². The number of hydrogen-bond donors (Lipinski definition) is 0. The zero-order valence-corrected chi connectivity index (χ0v) is 27.3. The minimum absolute atomic E-state index is 0.174. The van der Waals surface area contributed by atoms with E-state index in [1.165, 1.54) is 11.1 Å². The van der Waals surface area contributed by atoms with Gasteiger partial charge in [0.05, 0.1) is 15.1 Å². The van der Waals surface area contributed by atoms with E-state index in [0.717, 1.165) is 66.8 Å². The van der Waals surface area contributed by atoms with Crippen LogP contribution in [0.2, 0.25) is 0 Å². The van der Waals surface area contributed by atoms with Gasteiger partial charge in [-0.1, -0.05) is 139 Å². The third-order valence-electron chi connectivity index (χ3n) is 9.40. The third kappa shape index (κ3) is 5.43. The quantitative estimate of drug-likeness (QED) is 0.168. The number of rotatable bonds is 7. The molecule has 1 aromatic heterocycles. The Kier molecular flexibility index (Phi) is 6.72. The lowest BCUT2D eigenvalue weighted by Crippen LogP contribution is -2.09. The normalized spacial score (nSPS) is 12.0. The summed E-state index contributed by atoms with van der Waals surface area (Å²) in [6.45, 7) is 0. The van der Waals surface area contributed by atoms with Crippen molar-refractivity contribution in [2.24, 2.45) is 0 Å². The molecular formula is C48H34N2. The van der Waals surface area contributed by atoms with E-state index < -0.39 is 0 Å². The van der Waals surface area contributed by atoms with E-state index in [1.807, 2.05) is 48.5 Å². The molecule has 9 rings (SSSR count). The second-order valence-corrected chi connectivity index (χ2v) is 12.4. The minimum Gasteiger partial charge on any atom is -0.311 e. The maximum atomic E-state index is 9.20. The molecule has 2 heteroatoms. The van der Waals surface area contributed by atoms with E-state index in [0.29, 0.717) is 6.04 Å². The van der Waals surface area contributed by atoms with Gasteiger partial charge in [0.1, 0.15) is 0 Å². The predicted molar refractivity (Wildman–Crippen MR) is 212 cm³/mol. The molecule has 0 radical (unpaired) electrons. The van der Waals surface area contributed by atoms with Crippen LogP contribution in [0.4, 0.5) is 17.1 Å². The van der Waals surface area contributed by atoms with Crippen LogP contribution in [0.5, 0.6) is 0 Å². The predicted octanol–water partition coefficient (Wildman–Crippen LogP) is 13.3. The van der Waals surface area contributed by atoms with E-state index in [4.69, 9.17) is 2.74 Å². The summed E-state index contributed by atoms with van der Waals surface area (Å²) in [7, 11) is 0. The van der Waals surface area contributed by atoms with Gasteiger partial charge in [-0.3, -0.25) is 0 Å². The lowest BCUT2D eigenvalue weighted by molar-refractivity contribution is 1.18. The Labute approximate surface area is 297 Å². The Bertz CT molecular complexity index is 2620. The van der Waals surface area contributed by atoms with Gasteiger partial charge in [-0.15, -0.1) is 0 Å². The molecule has 0 unspecified atom stereocenters. The van der Waals surface area contributed by atoms with Crippen LogP contribution >= 0.6 is 0 Å². The van der Waals surface area contributed by atoms with Crippen LogP contribution in [0.15, 0.2) is 206 Å². The molecule has 8 aromatic carbocycles. The summed E-state index contributed by atoms with van der Waals surface area (Å²) in [5.41, 5.74) is 12.2. The molecule has 0 bridgehead atoms. The lowest BCUT2D eigenvalue weighted by Gasteiger charge is -2.26. The molecule has 0 atom stereocenters. The Hall–Kier alpha value is -6.64. The summed E-state index contributed by atoms with van der Waals surface area (Å²) in [6, 6.07) is 64.9. The maximum absolute atomic E-state index is 9.20. The molecule has 0 fully saturated rings. The molecule has 9 aromatic rings. The van der Waals surface area contributed by atoms with E-state index in [1.54, 1.807) is 12.1 Å². The second-order valence-electron chi connectivity index (χ2n) is 12.4. The number of para-hydroxylation sites is 2. The molecule has 0 aliphatic heterocycles. The molecular weight excluding hydrogens is 605 g/mol. The van der Waals surface area contributed by atoms with Crippen molar-refractivity contribution in [1.82, 2.24) is 4.57 Å². The van der Waals surface area contributed by atoms with Gasteiger partial charge in [-0.25, -0.2) is 0 Å². The monoisotopic (exact) mass is 641 g/mol. The van der Waals surface area contributed by atoms with Crippen molar-refractivity contribution in [2.45, 2.75) is 0 Å². The molecule has 0 saturated carbocycles. The van der Waals surface area contributed by atoms with Crippen LogP contribution in [-0.4, -0.2) is 4.57 Å². The number of nitrogens with zero attached hydrogens (tertiary/aromatic N) is 2. The van der Waals surface area contributed by atoms with Gasteiger partial charge in [-0.05, 0) is 100 Å². The largest absolute Gasteiger partial charge is 0.311 e. The van der Waals surface area contributed by atoms with Crippen LogP contribution in [0.25, 0.3) is 60.9 Å². The van der Waals surface area contributed by atoms with Crippen LogP contribution in [-0.2, 0) is 0 Å². The van der Waals surface area contributed by atoms with Crippen molar-refractivity contribution in [3.05, 3.63) is 206 Å². The summed E-state index contributed by atoms with van der Waals surface area (Å²) in [5.74, 6) is 0. The van der Waals surface area contributed by atoms with Gasteiger partial charge >= 0.3 is 0 Å². The number of aromatic nitrogens is 1. The highest BCUT2D eigenvalue weighted by Crippen LogP contribution is 2.39. The standard InChI is InChI=1S/C48H34N2/c1-4-12-35(13-5-1)37-20-27-42(28-21-37)49(43-29-22-38(23-30-43)36-14-6-2-7-15-36)44-31-24-39(25-32-44)40-26-33-48-46(34-40)45-18-10-11-19-47(45)50(48)41-16-8-3-9-17-41/h1-34H/i10D,11D,26D. The van der Waals surface area contributed by atoms with E-state index in [2.05, 4.69) is 137 Å². The first-order chi connectivity index (χ1) is 26.0. The molecule has 0 N–H and O–H groups in total. The smallest absolute Gasteiger partial charge is 0.0630 e. The van der Waals surface area contributed by atoms with Crippen molar-refractivity contribution < 1.29 is 4.11 Å². The zero-order valence-electron chi connectivity index (χ0n) is 30.3. The summed E-state index contributed by atoms with van der Waals surface area (Å²) in [5, 5.41) is 1.85.